The number of carbonyl (C=O) groups excluding carboxylic acids is 1. The third-order valence-corrected chi connectivity index (χ3v) is 7.32. The Morgan fingerprint density at radius 2 is 1.85 bits per heavy atom. The van der Waals surface area contributed by atoms with E-state index in [0.717, 1.165) is 45.9 Å². The molecule has 0 fully saturated rings. The number of hydrazone groups is 1. The van der Waals surface area contributed by atoms with E-state index in [1.165, 1.54) is 18.5 Å². The van der Waals surface area contributed by atoms with Crippen molar-refractivity contribution in [2.45, 2.75) is 46.2 Å². The number of rotatable bonds is 8. The smallest absolute Gasteiger partial charge is 0.276 e. The molecule has 1 atom stereocenters. The van der Waals surface area contributed by atoms with Gasteiger partial charge in [0, 0.05) is 34.2 Å². The summed E-state index contributed by atoms with van der Waals surface area (Å²) in [5.41, 5.74) is 2.72. The minimum absolute atomic E-state index is 0.137. The predicted octanol–water partition coefficient (Wildman–Crippen LogP) is 4.36. The maximum atomic E-state index is 13.3. The molecule has 2 heterocycles. The largest absolute Gasteiger partial charge is 0.372 e. The Labute approximate surface area is 208 Å². The highest BCUT2D eigenvalue weighted by Gasteiger charge is 2.34. The van der Waals surface area contributed by atoms with Crippen LogP contribution in [0.3, 0.4) is 0 Å². The topological polar surface area (TPSA) is 60.3 Å². The number of hydrogen-bond acceptors (Lipinski definition) is 6. The Morgan fingerprint density at radius 3 is 2.55 bits per heavy atom. The minimum atomic E-state index is -0.392. The highest BCUT2D eigenvalue weighted by Crippen LogP contribution is 2.32. The number of fused-ring (bicyclic) bond motifs is 2. The van der Waals surface area contributed by atoms with Crippen LogP contribution in [0.25, 0.3) is 5.70 Å². The van der Waals surface area contributed by atoms with Gasteiger partial charge in [0.2, 0.25) is 0 Å². The standard InChI is InChI=1S/C25H30BrN5OS/c1-4-7-8-15-33-25-28-24(32)22-20-16-18(26)11-14-21(20)27-23(31(22)29-25)17-9-12-19(13-10-17)30(5-2)6-3/h9-14,16,23H,4-8,15H2,1-3H3,(H,28,29,32)/t23-/m1/s1. The molecule has 0 saturated carbocycles. The van der Waals surface area contributed by atoms with E-state index in [1.807, 2.05) is 18.2 Å². The molecule has 2 aliphatic heterocycles. The van der Waals surface area contributed by atoms with Crippen molar-refractivity contribution in [2.75, 3.05) is 23.7 Å². The first-order valence-electron chi connectivity index (χ1n) is 11.6. The van der Waals surface area contributed by atoms with Crippen LogP contribution in [0, 0.1) is 0 Å². The van der Waals surface area contributed by atoms with Crippen LogP contribution in [0.4, 0.5) is 5.69 Å². The lowest BCUT2D eigenvalue weighted by molar-refractivity contribution is -0.116. The third-order valence-electron chi connectivity index (χ3n) is 5.88. The van der Waals surface area contributed by atoms with E-state index in [2.05, 4.69) is 71.2 Å². The first kappa shape index (κ1) is 23.8. The molecule has 0 spiro atoms. The molecule has 1 N–H and O–H groups in total. The van der Waals surface area contributed by atoms with E-state index in [9.17, 15) is 4.79 Å². The molecule has 0 saturated heterocycles. The molecule has 174 valence electrons. The fourth-order valence-electron chi connectivity index (χ4n) is 4.10. The highest BCUT2D eigenvalue weighted by molar-refractivity contribution is 9.10. The van der Waals surface area contributed by atoms with Crippen molar-refractivity contribution < 1.29 is 4.79 Å². The van der Waals surface area contributed by atoms with Crippen molar-refractivity contribution in [1.82, 2.24) is 10.3 Å². The van der Waals surface area contributed by atoms with Crippen LogP contribution in [0.5, 0.6) is 0 Å². The fraction of sp³-hybridized carbons (Fsp3) is 0.400. The zero-order valence-electron chi connectivity index (χ0n) is 19.3. The van der Waals surface area contributed by atoms with Gasteiger partial charge in [-0.1, -0.05) is 59.6 Å². The number of halogens is 1. The molecule has 0 aliphatic carbocycles. The van der Waals surface area contributed by atoms with Gasteiger partial charge in [-0.15, -0.1) is 5.10 Å². The highest BCUT2D eigenvalue weighted by atomic mass is 79.9. The number of nitrogens with one attached hydrogen (secondary N) is 1. The molecular formula is C25H30BrN5OS. The van der Waals surface area contributed by atoms with Crippen LogP contribution in [-0.4, -0.2) is 34.9 Å². The van der Waals surface area contributed by atoms with Crippen molar-refractivity contribution in [3.63, 3.8) is 0 Å². The van der Waals surface area contributed by atoms with E-state index in [4.69, 9.17) is 10.1 Å². The average Bonchev–Trinajstić information content (AvgIpc) is 2.82. The van der Waals surface area contributed by atoms with Crippen LogP contribution in [0.1, 0.15) is 51.8 Å². The monoisotopic (exact) mass is 527 g/mol. The first-order chi connectivity index (χ1) is 16.0. The number of unbranched alkanes of at least 4 members (excludes halogenated alkanes) is 2. The summed E-state index contributed by atoms with van der Waals surface area (Å²) in [7, 11) is 0. The molecule has 1 amide bonds. The van der Waals surface area contributed by atoms with Gasteiger partial charge in [0.25, 0.3) is 5.91 Å². The zero-order valence-corrected chi connectivity index (χ0v) is 21.7. The summed E-state index contributed by atoms with van der Waals surface area (Å²) in [6.45, 7) is 8.42. The summed E-state index contributed by atoms with van der Waals surface area (Å²) in [6.07, 6.45) is 3.05. The Balaban J connectivity index is 1.75. The zero-order chi connectivity index (χ0) is 23.4. The molecular weight excluding hydrogens is 498 g/mol. The fourth-order valence-corrected chi connectivity index (χ4v) is 5.31. The van der Waals surface area contributed by atoms with Crippen LogP contribution < -0.4 is 20.8 Å². The van der Waals surface area contributed by atoms with Crippen molar-refractivity contribution in [3.8, 4) is 0 Å². The van der Waals surface area contributed by atoms with Crippen LogP contribution in [0.15, 0.2) is 57.0 Å². The second-order valence-corrected chi connectivity index (χ2v) is 10.0. The number of anilines is 1. The Hall–Kier alpha value is -2.32. The number of hydrogen-bond donors (Lipinski definition) is 1. The van der Waals surface area contributed by atoms with E-state index >= 15 is 0 Å². The Bertz CT molecular complexity index is 1160. The molecule has 2 aliphatic rings. The average molecular weight is 529 g/mol. The third kappa shape index (κ3) is 5.11. The number of benzene rings is 2. The van der Waals surface area contributed by atoms with Gasteiger partial charge in [-0.2, -0.15) is 0 Å². The summed E-state index contributed by atoms with van der Waals surface area (Å²) in [5, 5.41) is 11.9. The molecule has 33 heavy (non-hydrogen) atoms. The lowest BCUT2D eigenvalue weighted by Gasteiger charge is -2.34. The molecule has 6 nitrogen and oxygen atoms in total. The first-order valence-corrected chi connectivity index (χ1v) is 13.4. The molecule has 4 rings (SSSR count). The second kappa shape index (κ2) is 10.7. The Kier molecular flexibility index (Phi) is 7.75. The van der Waals surface area contributed by atoms with Gasteiger partial charge < -0.3 is 4.90 Å². The molecule has 0 bridgehead atoms. The van der Waals surface area contributed by atoms with Crippen LogP contribution in [-0.2, 0) is 4.79 Å². The molecule has 0 aromatic heterocycles. The summed E-state index contributed by atoms with van der Waals surface area (Å²) in [5.74, 6) is 0.792. The number of thioether (sulfide) groups is 1. The van der Waals surface area contributed by atoms with Gasteiger partial charge >= 0.3 is 0 Å². The molecule has 2 aromatic carbocycles. The Morgan fingerprint density at radius 1 is 1.09 bits per heavy atom. The van der Waals surface area contributed by atoms with Crippen LogP contribution >= 0.6 is 27.7 Å². The summed E-state index contributed by atoms with van der Waals surface area (Å²) in [6, 6.07) is 14.3. The molecule has 2 aromatic rings. The van der Waals surface area contributed by atoms with Crippen molar-refractivity contribution >= 4 is 50.2 Å². The van der Waals surface area contributed by atoms with Gasteiger partial charge in [0.15, 0.2) is 11.3 Å². The summed E-state index contributed by atoms with van der Waals surface area (Å²) < 4.78 is 0.905. The molecule has 0 radical (unpaired) electrons. The summed E-state index contributed by atoms with van der Waals surface area (Å²) in [4.78, 5) is 20.6. The maximum Gasteiger partial charge on any atom is 0.276 e. The minimum Gasteiger partial charge on any atom is -0.372 e. The van der Waals surface area contributed by atoms with Crippen molar-refractivity contribution in [1.29, 1.82) is 0 Å². The van der Waals surface area contributed by atoms with Crippen molar-refractivity contribution in [3.05, 3.63) is 63.1 Å². The van der Waals surface area contributed by atoms with Crippen molar-refractivity contribution in [2.24, 2.45) is 10.1 Å². The van der Waals surface area contributed by atoms with Gasteiger partial charge in [0.05, 0.1) is 5.36 Å². The van der Waals surface area contributed by atoms with Gasteiger partial charge in [-0.05, 0) is 56.2 Å². The molecule has 8 heteroatoms. The predicted molar refractivity (Wildman–Crippen MR) is 140 cm³/mol. The van der Waals surface area contributed by atoms with Crippen LogP contribution in [0.2, 0.25) is 0 Å². The lowest BCUT2D eigenvalue weighted by atomic mass is 10.1. The van der Waals surface area contributed by atoms with Gasteiger partial charge in [0.1, 0.15) is 5.70 Å². The SMILES string of the molecule is CCCCCSC1=NN2C(=c3cc(Br)ccc3=N[C@H]2c2ccc(N(CC)CC)cc2)C(=O)N1. The number of carbonyl (C=O) groups is 1. The van der Waals surface area contributed by atoms with Gasteiger partial charge in [-0.25, -0.2) is 5.01 Å². The quantitative estimate of drug-likeness (QED) is 0.518. The maximum absolute atomic E-state index is 13.3. The lowest BCUT2D eigenvalue weighted by Crippen LogP contribution is -2.50. The number of amidine groups is 1. The van der Waals surface area contributed by atoms with E-state index in [-0.39, 0.29) is 5.91 Å². The molecule has 0 unspecified atom stereocenters. The van der Waals surface area contributed by atoms with Gasteiger partial charge in [-0.3, -0.25) is 15.1 Å². The second-order valence-electron chi connectivity index (χ2n) is 8.04. The van der Waals surface area contributed by atoms with E-state index in [1.54, 1.807) is 16.8 Å². The van der Waals surface area contributed by atoms with E-state index in [0.29, 0.717) is 10.9 Å². The summed E-state index contributed by atoms with van der Waals surface area (Å²) >= 11 is 5.13. The number of amides is 1. The normalized spacial score (nSPS) is 17.0. The number of nitrogens with zero attached hydrogens (tertiary/aromatic N) is 4. The van der Waals surface area contributed by atoms with E-state index < -0.39 is 6.17 Å².